The van der Waals surface area contributed by atoms with E-state index in [0.717, 1.165) is 18.4 Å². The number of rotatable bonds is 0. The summed E-state index contributed by atoms with van der Waals surface area (Å²) in [6.45, 7) is 9.00. The summed E-state index contributed by atoms with van der Waals surface area (Å²) in [7, 11) is 0. The number of hydrogen-bond acceptors (Lipinski definition) is 1. The molecule has 0 radical (unpaired) electrons. The summed E-state index contributed by atoms with van der Waals surface area (Å²) in [4.78, 5) is 13.2. The summed E-state index contributed by atoms with van der Waals surface area (Å²) < 4.78 is 0. The summed E-state index contributed by atoms with van der Waals surface area (Å²) in [5.41, 5.74) is 0. The van der Waals surface area contributed by atoms with Crippen molar-refractivity contribution >= 4 is 5.91 Å². The molecule has 1 saturated carbocycles. The van der Waals surface area contributed by atoms with Gasteiger partial charge in [-0.3, -0.25) is 4.79 Å². The van der Waals surface area contributed by atoms with Crippen LogP contribution in [0.2, 0.25) is 0 Å². The maximum Gasteiger partial charge on any atom is 0.219 e. The predicted molar refractivity (Wildman–Crippen MR) is 54.4 cm³/mol. The van der Waals surface area contributed by atoms with E-state index in [1.54, 1.807) is 6.92 Å². The molecule has 3 unspecified atom stereocenters. The average Bonchev–Trinajstić information content (AvgIpc) is 2.65. The molecular formula is C11H21NO. The topological polar surface area (TPSA) is 20.3 Å². The first-order valence-electron chi connectivity index (χ1n) is 5.47. The van der Waals surface area contributed by atoms with Gasteiger partial charge in [-0.05, 0) is 24.7 Å². The Kier molecular flexibility index (Phi) is 3.34. The maximum absolute atomic E-state index is 11.1. The second-order valence-corrected chi connectivity index (χ2v) is 3.94. The number of nitrogens with zero attached hydrogens (tertiary/aromatic N) is 1. The number of carbonyl (C=O) groups is 1. The molecule has 2 nitrogen and oxygen atoms in total. The van der Waals surface area contributed by atoms with Crippen LogP contribution in [-0.2, 0) is 4.79 Å². The molecule has 76 valence electrons. The van der Waals surface area contributed by atoms with Crippen LogP contribution in [0.5, 0.6) is 0 Å². The van der Waals surface area contributed by atoms with Gasteiger partial charge in [0.25, 0.3) is 0 Å². The lowest BCUT2D eigenvalue weighted by Crippen LogP contribution is -2.36. The zero-order chi connectivity index (χ0) is 10.0. The van der Waals surface area contributed by atoms with Gasteiger partial charge in [-0.25, -0.2) is 0 Å². The first-order chi connectivity index (χ1) is 6.20. The molecular weight excluding hydrogens is 162 g/mol. The molecule has 13 heavy (non-hydrogen) atoms. The number of hydrogen-bond donors (Lipinski definition) is 0. The minimum absolute atomic E-state index is 0.268. The molecule has 2 bridgehead atoms. The van der Waals surface area contributed by atoms with E-state index in [2.05, 4.69) is 11.8 Å². The van der Waals surface area contributed by atoms with Crippen LogP contribution >= 0.6 is 0 Å². The van der Waals surface area contributed by atoms with Crippen molar-refractivity contribution in [2.45, 2.75) is 46.6 Å². The van der Waals surface area contributed by atoms with Crippen molar-refractivity contribution in [1.29, 1.82) is 0 Å². The van der Waals surface area contributed by atoms with Crippen LogP contribution in [0.3, 0.4) is 0 Å². The first-order valence-corrected chi connectivity index (χ1v) is 5.47. The minimum atomic E-state index is 0.268. The van der Waals surface area contributed by atoms with E-state index in [1.165, 1.54) is 12.8 Å². The Hall–Kier alpha value is -0.530. The minimum Gasteiger partial charge on any atom is -0.339 e. The van der Waals surface area contributed by atoms with Crippen molar-refractivity contribution in [2.75, 3.05) is 6.54 Å². The maximum atomic E-state index is 11.1. The van der Waals surface area contributed by atoms with Gasteiger partial charge in [0, 0.05) is 19.5 Å². The molecule has 0 aromatic heterocycles. The largest absolute Gasteiger partial charge is 0.339 e. The van der Waals surface area contributed by atoms with Crippen LogP contribution in [0.15, 0.2) is 0 Å². The van der Waals surface area contributed by atoms with Gasteiger partial charge in [0.2, 0.25) is 5.91 Å². The van der Waals surface area contributed by atoms with Gasteiger partial charge in [0.1, 0.15) is 0 Å². The van der Waals surface area contributed by atoms with Crippen LogP contribution in [0.1, 0.15) is 40.5 Å². The van der Waals surface area contributed by atoms with Crippen molar-refractivity contribution in [3.63, 3.8) is 0 Å². The van der Waals surface area contributed by atoms with Crippen LogP contribution in [0, 0.1) is 11.8 Å². The molecule has 0 spiro atoms. The Labute approximate surface area is 81.3 Å². The molecule has 1 heterocycles. The van der Waals surface area contributed by atoms with Crippen molar-refractivity contribution < 1.29 is 4.79 Å². The molecule has 2 aliphatic rings. The predicted octanol–water partition coefficient (Wildman–Crippen LogP) is 2.29. The highest BCUT2D eigenvalue weighted by atomic mass is 16.2. The smallest absolute Gasteiger partial charge is 0.219 e. The fourth-order valence-electron chi connectivity index (χ4n) is 2.67. The zero-order valence-electron chi connectivity index (χ0n) is 9.21. The van der Waals surface area contributed by atoms with Crippen LogP contribution in [0.4, 0.5) is 0 Å². The molecule has 0 aromatic rings. The Morgan fingerprint density at radius 1 is 1.31 bits per heavy atom. The average molecular weight is 183 g/mol. The SMILES string of the molecule is CC.CC(=O)N1CC2CCC1C2C. The Bertz CT molecular complexity index is 191. The quantitative estimate of drug-likeness (QED) is 0.564. The summed E-state index contributed by atoms with van der Waals surface area (Å²) in [5.74, 6) is 1.84. The number of likely N-dealkylation sites (tertiary alicyclic amines) is 1. The van der Waals surface area contributed by atoms with Crippen molar-refractivity contribution in [3.8, 4) is 0 Å². The van der Waals surface area contributed by atoms with Gasteiger partial charge in [0.15, 0.2) is 0 Å². The molecule has 0 aromatic carbocycles. The summed E-state index contributed by atoms with van der Waals surface area (Å²) in [6.07, 6.45) is 2.58. The molecule has 1 aliphatic heterocycles. The highest BCUT2D eigenvalue weighted by molar-refractivity contribution is 5.74. The van der Waals surface area contributed by atoms with E-state index < -0.39 is 0 Å². The van der Waals surface area contributed by atoms with Gasteiger partial charge in [-0.2, -0.15) is 0 Å². The van der Waals surface area contributed by atoms with Gasteiger partial charge < -0.3 is 4.90 Å². The monoisotopic (exact) mass is 183 g/mol. The summed E-state index contributed by atoms with van der Waals surface area (Å²) in [5, 5.41) is 0. The van der Waals surface area contributed by atoms with Crippen molar-refractivity contribution in [3.05, 3.63) is 0 Å². The van der Waals surface area contributed by atoms with Crippen molar-refractivity contribution in [1.82, 2.24) is 4.90 Å². The van der Waals surface area contributed by atoms with Gasteiger partial charge >= 0.3 is 0 Å². The molecule has 2 heteroatoms. The van der Waals surface area contributed by atoms with E-state index in [-0.39, 0.29) is 5.91 Å². The molecule has 1 saturated heterocycles. The first kappa shape index (κ1) is 10.6. The lowest BCUT2D eigenvalue weighted by atomic mass is 10.0. The number of amides is 1. The summed E-state index contributed by atoms with van der Waals surface area (Å²) >= 11 is 0. The van der Waals surface area contributed by atoms with Crippen LogP contribution in [-0.4, -0.2) is 23.4 Å². The van der Waals surface area contributed by atoms with E-state index in [1.807, 2.05) is 13.8 Å². The molecule has 0 N–H and O–H groups in total. The highest BCUT2D eigenvalue weighted by Crippen LogP contribution is 2.42. The number of carbonyl (C=O) groups excluding carboxylic acids is 1. The Balaban J connectivity index is 0.000000396. The number of fused-ring (bicyclic) bond motifs is 2. The third-order valence-electron chi connectivity index (χ3n) is 3.42. The van der Waals surface area contributed by atoms with Gasteiger partial charge in [0.05, 0.1) is 0 Å². The lowest BCUT2D eigenvalue weighted by molar-refractivity contribution is -0.130. The molecule has 2 fully saturated rings. The van der Waals surface area contributed by atoms with E-state index >= 15 is 0 Å². The second-order valence-electron chi connectivity index (χ2n) is 3.94. The zero-order valence-corrected chi connectivity index (χ0v) is 9.21. The Morgan fingerprint density at radius 3 is 2.15 bits per heavy atom. The van der Waals surface area contributed by atoms with Gasteiger partial charge in [-0.15, -0.1) is 0 Å². The third-order valence-corrected chi connectivity index (χ3v) is 3.42. The van der Waals surface area contributed by atoms with E-state index in [4.69, 9.17) is 0 Å². The number of piperidine rings is 1. The molecule has 1 aliphatic carbocycles. The fourth-order valence-corrected chi connectivity index (χ4v) is 2.67. The van der Waals surface area contributed by atoms with Crippen LogP contribution in [0.25, 0.3) is 0 Å². The Morgan fingerprint density at radius 2 is 1.92 bits per heavy atom. The van der Waals surface area contributed by atoms with Crippen molar-refractivity contribution in [2.24, 2.45) is 11.8 Å². The van der Waals surface area contributed by atoms with Crippen LogP contribution < -0.4 is 0 Å². The second kappa shape index (κ2) is 4.12. The molecule has 1 amide bonds. The van der Waals surface area contributed by atoms with Gasteiger partial charge in [-0.1, -0.05) is 20.8 Å². The fraction of sp³-hybridized carbons (Fsp3) is 0.909. The van der Waals surface area contributed by atoms with E-state index in [9.17, 15) is 4.79 Å². The lowest BCUT2D eigenvalue weighted by Gasteiger charge is -2.25. The summed E-state index contributed by atoms with van der Waals surface area (Å²) in [6, 6.07) is 0.581. The normalized spacial score (nSPS) is 35.7. The standard InChI is InChI=1S/C9H15NO.C2H6/c1-6-8-3-4-9(6)10(5-8)7(2)11;1-2/h6,8-9H,3-5H2,1-2H3;1-2H3. The third kappa shape index (κ3) is 1.72. The molecule has 2 rings (SSSR count). The van der Waals surface area contributed by atoms with E-state index in [0.29, 0.717) is 6.04 Å². The molecule has 3 atom stereocenters. The highest BCUT2D eigenvalue weighted by Gasteiger charge is 2.44.